The summed E-state index contributed by atoms with van der Waals surface area (Å²) in [5.74, 6) is 0.720. The summed E-state index contributed by atoms with van der Waals surface area (Å²) in [6, 6.07) is 5.76. The van der Waals surface area contributed by atoms with Gasteiger partial charge in [0, 0.05) is 17.6 Å². The van der Waals surface area contributed by atoms with Crippen LogP contribution in [-0.2, 0) is 0 Å². The Hall–Kier alpha value is -0.870. The first-order valence-electron chi connectivity index (χ1n) is 6.77. The Morgan fingerprint density at radius 1 is 1.42 bits per heavy atom. The summed E-state index contributed by atoms with van der Waals surface area (Å²) in [6.07, 6.45) is 3.32. The smallest absolute Gasteiger partial charge is 0.252 e. The van der Waals surface area contributed by atoms with Crippen LogP contribution in [0.4, 0.5) is 0 Å². The van der Waals surface area contributed by atoms with E-state index >= 15 is 0 Å². The highest BCUT2D eigenvalue weighted by Crippen LogP contribution is 2.30. The van der Waals surface area contributed by atoms with Crippen LogP contribution < -0.4 is 5.32 Å². The van der Waals surface area contributed by atoms with Crippen molar-refractivity contribution < 1.29 is 9.90 Å². The van der Waals surface area contributed by atoms with Gasteiger partial charge in [-0.3, -0.25) is 4.79 Å². The zero-order valence-electron chi connectivity index (χ0n) is 11.2. The first-order chi connectivity index (χ1) is 9.11. The van der Waals surface area contributed by atoms with E-state index in [1.165, 1.54) is 0 Å². The minimum absolute atomic E-state index is 0.0424. The number of halogens is 1. The third-order valence-corrected chi connectivity index (χ3v) is 4.63. The molecule has 0 bridgehead atoms. The molecule has 0 radical (unpaired) electrons. The fourth-order valence-electron chi connectivity index (χ4n) is 2.75. The van der Waals surface area contributed by atoms with Crippen molar-refractivity contribution in [3.63, 3.8) is 0 Å². The molecule has 2 N–H and O–H groups in total. The number of carbonyl (C=O) groups is 1. The lowest BCUT2D eigenvalue weighted by molar-refractivity contribution is 0.0937. The van der Waals surface area contributed by atoms with E-state index in [9.17, 15) is 9.90 Å². The highest BCUT2D eigenvalue weighted by molar-refractivity contribution is 9.10. The summed E-state index contributed by atoms with van der Waals surface area (Å²) >= 11 is 3.41. The summed E-state index contributed by atoms with van der Waals surface area (Å²) in [7, 11) is 0. The Labute approximate surface area is 122 Å². The summed E-state index contributed by atoms with van der Waals surface area (Å²) in [5.41, 5.74) is 1.75. The van der Waals surface area contributed by atoms with Gasteiger partial charge in [0.05, 0.1) is 5.56 Å². The van der Waals surface area contributed by atoms with Crippen molar-refractivity contribution in [1.82, 2.24) is 5.32 Å². The minimum atomic E-state index is -0.0424. The third-order valence-electron chi connectivity index (χ3n) is 3.94. The van der Waals surface area contributed by atoms with Gasteiger partial charge in [0.15, 0.2) is 0 Å². The van der Waals surface area contributed by atoms with Crippen LogP contribution in [-0.4, -0.2) is 24.2 Å². The van der Waals surface area contributed by atoms with Crippen molar-refractivity contribution in [2.75, 3.05) is 13.2 Å². The molecule has 0 heterocycles. The fraction of sp³-hybridized carbons (Fsp3) is 0.533. The number of amides is 1. The van der Waals surface area contributed by atoms with Crippen LogP contribution in [0.15, 0.2) is 22.7 Å². The Bertz CT molecular complexity index is 461. The summed E-state index contributed by atoms with van der Waals surface area (Å²) in [6.45, 7) is 2.86. The quantitative estimate of drug-likeness (QED) is 0.894. The maximum atomic E-state index is 12.2. The molecule has 1 amide bonds. The lowest BCUT2D eigenvalue weighted by Crippen LogP contribution is -2.31. The molecular formula is C15H20BrNO2. The molecule has 1 aromatic rings. The molecule has 0 saturated heterocycles. The first-order valence-corrected chi connectivity index (χ1v) is 7.56. The molecule has 0 aromatic heterocycles. The third kappa shape index (κ3) is 3.57. The van der Waals surface area contributed by atoms with Crippen LogP contribution >= 0.6 is 15.9 Å². The van der Waals surface area contributed by atoms with E-state index < -0.39 is 0 Å². The highest BCUT2D eigenvalue weighted by Gasteiger charge is 2.26. The van der Waals surface area contributed by atoms with E-state index in [1.807, 2.05) is 25.1 Å². The maximum absolute atomic E-state index is 12.2. The van der Waals surface area contributed by atoms with E-state index in [2.05, 4.69) is 21.2 Å². The Balaban J connectivity index is 1.96. The Kier molecular flexibility index (Phi) is 4.99. The minimum Gasteiger partial charge on any atom is -0.396 e. The second-order valence-electron chi connectivity index (χ2n) is 5.33. The Morgan fingerprint density at radius 2 is 2.16 bits per heavy atom. The van der Waals surface area contributed by atoms with Crippen molar-refractivity contribution in [2.24, 2.45) is 11.8 Å². The van der Waals surface area contributed by atoms with Crippen LogP contribution in [0.1, 0.15) is 35.2 Å². The molecule has 1 saturated carbocycles. The summed E-state index contributed by atoms with van der Waals surface area (Å²) < 4.78 is 0.820. The molecule has 1 aromatic carbocycles. The maximum Gasteiger partial charge on any atom is 0.252 e. The molecule has 2 atom stereocenters. The molecule has 4 heteroatoms. The van der Waals surface area contributed by atoms with E-state index in [4.69, 9.17) is 0 Å². The summed E-state index contributed by atoms with van der Waals surface area (Å²) in [5, 5.41) is 12.3. The highest BCUT2D eigenvalue weighted by atomic mass is 79.9. The standard InChI is InChI=1S/C15H20BrNO2/c1-10-5-6-14(16)13(7-10)15(19)17-8-11-3-2-4-12(11)9-18/h5-7,11-12,18H,2-4,8-9H2,1H3,(H,17,19). The van der Waals surface area contributed by atoms with Crippen molar-refractivity contribution >= 4 is 21.8 Å². The van der Waals surface area contributed by atoms with Gasteiger partial charge in [-0.25, -0.2) is 0 Å². The number of hydrogen-bond acceptors (Lipinski definition) is 2. The second kappa shape index (κ2) is 6.53. The van der Waals surface area contributed by atoms with Crippen LogP contribution in [0.2, 0.25) is 0 Å². The number of carbonyl (C=O) groups excluding carboxylic acids is 1. The number of aryl methyl sites for hydroxylation is 1. The van der Waals surface area contributed by atoms with Crippen molar-refractivity contribution in [3.8, 4) is 0 Å². The number of aliphatic hydroxyl groups is 1. The molecular weight excluding hydrogens is 306 g/mol. The largest absolute Gasteiger partial charge is 0.396 e. The van der Waals surface area contributed by atoms with Gasteiger partial charge in [-0.05, 0) is 59.7 Å². The zero-order chi connectivity index (χ0) is 13.8. The van der Waals surface area contributed by atoms with Gasteiger partial charge < -0.3 is 10.4 Å². The van der Waals surface area contributed by atoms with Crippen LogP contribution in [0.5, 0.6) is 0 Å². The van der Waals surface area contributed by atoms with Gasteiger partial charge in [0.1, 0.15) is 0 Å². The molecule has 0 aliphatic heterocycles. The van der Waals surface area contributed by atoms with Gasteiger partial charge in [0.2, 0.25) is 0 Å². The van der Waals surface area contributed by atoms with E-state index in [0.717, 1.165) is 29.3 Å². The van der Waals surface area contributed by atoms with Gasteiger partial charge in [-0.15, -0.1) is 0 Å². The number of nitrogens with one attached hydrogen (secondary N) is 1. The SMILES string of the molecule is Cc1ccc(Br)c(C(=O)NCC2CCCC2CO)c1. The van der Waals surface area contributed by atoms with Crippen molar-refractivity contribution in [1.29, 1.82) is 0 Å². The number of benzene rings is 1. The van der Waals surface area contributed by atoms with E-state index in [-0.39, 0.29) is 12.5 Å². The van der Waals surface area contributed by atoms with E-state index in [0.29, 0.717) is 23.9 Å². The van der Waals surface area contributed by atoms with Crippen LogP contribution in [0.25, 0.3) is 0 Å². The van der Waals surface area contributed by atoms with E-state index in [1.54, 1.807) is 0 Å². The predicted octanol–water partition coefficient (Wildman–Crippen LogP) is 2.90. The second-order valence-corrected chi connectivity index (χ2v) is 6.18. The average Bonchev–Trinajstić information content (AvgIpc) is 2.86. The average molecular weight is 326 g/mol. The summed E-state index contributed by atoms with van der Waals surface area (Å²) in [4.78, 5) is 12.2. The van der Waals surface area contributed by atoms with Crippen LogP contribution in [0, 0.1) is 18.8 Å². The predicted molar refractivity (Wildman–Crippen MR) is 79.1 cm³/mol. The topological polar surface area (TPSA) is 49.3 Å². The molecule has 1 aliphatic rings. The monoisotopic (exact) mass is 325 g/mol. The van der Waals surface area contributed by atoms with Gasteiger partial charge in [-0.2, -0.15) is 0 Å². The molecule has 2 unspecified atom stereocenters. The molecule has 19 heavy (non-hydrogen) atoms. The van der Waals surface area contributed by atoms with Gasteiger partial charge in [-0.1, -0.05) is 18.1 Å². The van der Waals surface area contributed by atoms with Crippen LogP contribution in [0.3, 0.4) is 0 Å². The molecule has 3 nitrogen and oxygen atoms in total. The lowest BCUT2D eigenvalue weighted by Gasteiger charge is -2.18. The van der Waals surface area contributed by atoms with Gasteiger partial charge >= 0.3 is 0 Å². The molecule has 0 spiro atoms. The first kappa shape index (κ1) is 14.5. The van der Waals surface area contributed by atoms with Crippen molar-refractivity contribution in [3.05, 3.63) is 33.8 Å². The molecule has 104 valence electrons. The number of aliphatic hydroxyl groups excluding tert-OH is 1. The lowest BCUT2D eigenvalue weighted by atomic mass is 9.97. The Morgan fingerprint density at radius 3 is 2.89 bits per heavy atom. The fourth-order valence-corrected chi connectivity index (χ4v) is 3.18. The normalized spacial score (nSPS) is 22.5. The van der Waals surface area contributed by atoms with Crippen molar-refractivity contribution in [2.45, 2.75) is 26.2 Å². The van der Waals surface area contributed by atoms with Gasteiger partial charge in [0.25, 0.3) is 5.91 Å². The molecule has 1 aliphatic carbocycles. The molecule has 1 fully saturated rings. The number of rotatable bonds is 4. The molecule has 2 rings (SSSR count). The zero-order valence-corrected chi connectivity index (χ0v) is 12.7. The number of hydrogen-bond donors (Lipinski definition) is 2.